The van der Waals surface area contributed by atoms with Crippen LogP contribution >= 0.6 is 11.8 Å². The fourth-order valence-electron chi connectivity index (χ4n) is 2.05. The van der Waals surface area contributed by atoms with E-state index in [0.29, 0.717) is 0 Å². The average molecular weight is 291 g/mol. The molecule has 0 atom stereocenters. The van der Waals surface area contributed by atoms with Crippen molar-refractivity contribution in [1.82, 2.24) is 5.32 Å². The Hall–Kier alpha value is -1.13. The summed E-state index contributed by atoms with van der Waals surface area (Å²) >= 11 is 1.81. The van der Waals surface area contributed by atoms with Gasteiger partial charge in [-0.05, 0) is 31.0 Å². The van der Waals surface area contributed by atoms with E-state index in [9.17, 15) is 0 Å². The predicted octanol–water partition coefficient (Wildman–Crippen LogP) is 3.25. The van der Waals surface area contributed by atoms with Gasteiger partial charge in [0.25, 0.3) is 0 Å². The zero-order valence-corrected chi connectivity index (χ0v) is 12.5. The standard InChI is InChI=1S/C16H21NO2S/c1-12(10-17-13-3-4-13)11-20-14-5-6-15-16(9-14)19-8-2-7-18-15/h5-6,9,13,17H,1-4,7-8,10-11H2. The Bertz CT molecular complexity index is 485. The van der Waals surface area contributed by atoms with Crippen molar-refractivity contribution in [3.63, 3.8) is 0 Å². The number of ether oxygens (including phenoxy) is 2. The smallest absolute Gasteiger partial charge is 0.162 e. The van der Waals surface area contributed by atoms with Crippen LogP contribution in [0.5, 0.6) is 11.5 Å². The SMILES string of the molecule is C=C(CNC1CC1)CSc1ccc2c(c1)OCCCO2. The van der Waals surface area contributed by atoms with Crippen LogP contribution in [-0.4, -0.2) is 31.6 Å². The van der Waals surface area contributed by atoms with E-state index < -0.39 is 0 Å². The first-order chi connectivity index (χ1) is 9.81. The largest absolute Gasteiger partial charge is 0.490 e. The molecule has 1 fully saturated rings. The Morgan fingerprint density at radius 3 is 2.85 bits per heavy atom. The molecule has 108 valence electrons. The van der Waals surface area contributed by atoms with Crippen molar-refractivity contribution >= 4 is 11.8 Å². The molecule has 3 nitrogen and oxygen atoms in total. The first-order valence-corrected chi connectivity index (χ1v) is 8.22. The lowest BCUT2D eigenvalue weighted by Gasteiger charge is -2.10. The van der Waals surface area contributed by atoms with Gasteiger partial charge < -0.3 is 14.8 Å². The van der Waals surface area contributed by atoms with E-state index in [4.69, 9.17) is 9.47 Å². The van der Waals surface area contributed by atoms with E-state index in [2.05, 4.69) is 24.0 Å². The summed E-state index contributed by atoms with van der Waals surface area (Å²) in [6, 6.07) is 6.93. The molecule has 0 unspecified atom stereocenters. The number of nitrogens with one attached hydrogen (secondary N) is 1. The number of rotatable bonds is 6. The molecule has 1 N–H and O–H groups in total. The molecule has 0 spiro atoms. The van der Waals surface area contributed by atoms with Crippen molar-refractivity contribution in [2.45, 2.75) is 30.2 Å². The molecule has 1 aromatic carbocycles. The monoisotopic (exact) mass is 291 g/mol. The zero-order chi connectivity index (χ0) is 13.8. The van der Waals surface area contributed by atoms with E-state index >= 15 is 0 Å². The number of hydrogen-bond donors (Lipinski definition) is 1. The normalized spacial score (nSPS) is 17.6. The molecule has 4 heteroatoms. The lowest BCUT2D eigenvalue weighted by Crippen LogP contribution is -2.19. The van der Waals surface area contributed by atoms with Gasteiger partial charge in [-0.2, -0.15) is 0 Å². The molecular weight excluding hydrogens is 270 g/mol. The van der Waals surface area contributed by atoms with Gasteiger partial charge in [0.2, 0.25) is 0 Å². The minimum atomic E-state index is 0.735. The van der Waals surface area contributed by atoms with Crippen LogP contribution in [0.4, 0.5) is 0 Å². The summed E-state index contributed by atoms with van der Waals surface area (Å²) in [6.07, 6.45) is 3.59. The zero-order valence-electron chi connectivity index (χ0n) is 11.7. The van der Waals surface area contributed by atoms with Crippen molar-refractivity contribution in [2.75, 3.05) is 25.5 Å². The number of fused-ring (bicyclic) bond motifs is 1. The summed E-state index contributed by atoms with van der Waals surface area (Å²) in [5.41, 5.74) is 1.24. The summed E-state index contributed by atoms with van der Waals surface area (Å²) in [7, 11) is 0. The molecule has 3 rings (SSSR count). The molecule has 1 aromatic rings. The highest BCUT2D eigenvalue weighted by Crippen LogP contribution is 2.34. The van der Waals surface area contributed by atoms with Crippen LogP contribution in [0.15, 0.2) is 35.2 Å². The minimum Gasteiger partial charge on any atom is -0.490 e. The first kappa shape index (κ1) is 13.8. The molecule has 0 amide bonds. The third-order valence-electron chi connectivity index (χ3n) is 3.38. The van der Waals surface area contributed by atoms with Crippen LogP contribution < -0.4 is 14.8 Å². The fourth-order valence-corrected chi connectivity index (χ4v) is 2.87. The molecule has 1 saturated carbocycles. The third-order valence-corrected chi connectivity index (χ3v) is 4.52. The van der Waals surface area contributed by atoms with E-state index in [1.807, 2.05) is 6.07 Å². The highest BCUT2D eigenvalue weighted by atomic mass is 32.2. The van der Waals surface area contributed by atoms with Gasteiger partial charge in [-0.15, -0.1) is 11.8 Å². The van der Waals surface area contributed by atoms with Crippen molar-refractivity contribution in [2.24, 2.45) is 0 Å². The Morgan fingerprint density at radius 2 is 2.05 bits per heavy atom. The van der Waals surface area contributed by atoms with Crippen LogP contribution in [0.2, 0.25) is 0 Å². The summed E-state index contributed by atoms with van der Waals surface area (Å²) in [4.78, 5) is 1.21. The number of thioether (sulfide) groups is 1. The summed E-state index contributed by atoms with van der Waals surface area (Å²) < 4.78 is 11.3. The summed E-state index contributed by atoms with van der Waals surface area (Å²) in [5, 5.41) is 3.49. The topological polar surface area (TPSA) is 30.5 Å². The maximum atomic E-state index is 5.71. The second-order valence-electron chi connectivity index (χ2n) is 5.35. The van der Waals surface area contributed by atoms with Gasteiger partial charge in [0.15, 0.2) is 11.5 Å². The van der Waals surface area contributed by atoms with Crippen LogP contribution in [0.25, 0.3) is 0 Å². The molecule has 0 radical (unpaired) electrons. The predicted molar refractivity (Wildman–Crippen MR) is 82.9 cm³/mol. The molecule has 1 aliphatic heterocycles. The quantitative estimate of drug-likeness (QED) is 0.644. The Labute approximate surface area is 124 Å². The van der Waals surface area contributed by atoms with Crippen LogP contribution in [0, 0.1) is 0 Å². The molecule has 1 heterocycles. The summed E-state index contributed by atoms with van der Waals surface area (Å²) in [6.45, 7) is 6.54. The van der Waals surface area contributed by atoms with Gasteiger partial charge in [0.1, 0.15) is 0 Å². The van der Waals surface area contributed by atoms with Crippen LogP contribution in [0.3, 0.4) is 0 Å². The highest BCUT2D eigenvalue weighted by Gasteiger charge is 2.20. The molecule has 0 saturated heterocycles. The van der Waals surface area contributed by atoms with Crippen molar-refractivity contribution in [3.8, 4) is 11.5 Å². The Balaban J connectivity index is 1.51. The molecular formula is C16H21NO2S. The molecule has 0 aromatic heterocycles. The fraction of sp³-hybridized carbons (Fsp3) is 0.500. The Kier molecular flexibility index (Phi) is 4.53. The second kappa shape index (κ2) is 6.55. The average Bonchev–Trinajstić information content (AvgIpc) is 3.29. The second-order valence-corrected chi connectivity index (χ2v) is 6.40. The van der Waals surface area contributed by atoms with Gasteiger partial charge >= 0.3 is 0 Å². The van der Waals surface area contributed by atoms with E-state index in [1.165, 1.54) is 23.3 Å². The third kappa shape index (κ3) is 3.93. The first-order valence-electron chi connectivity index (χ1n) is 7.24. The van der Waals surface area contributed by atoms with E-state index in [1.54, 1.807) is 11.8 Å². The molecule has 20 heavy (non-hydrogen) atoms. The van der Waals surface area contributed by atoms with Crippen LogP contribution in [-0.2, 0) is 0 Å². The van der Waals surface area contributed by atoms with E-state index in [0.717, 1.165) is 49.5 Å². The maximum Gasteiger partial charge on any atom is 0.162 e. The number of hydrogen-bond acceptors (Lipinski definition) is 4. The molecule has 2 aliphatic rings. The van der Waals surface area contributed by atoms with Gasteiger partial charge in [-0.1, -0.05) is 12.2 Å². The van der Waals surface area contributed by atoms with Gasteiger partial charge in [-0.25, -0.2) is 0 Å². The van der Waals surface area contributed by atoms with Crippen LogP contribution in [0.1, 0.15) is 19.3 Å². The molecule has 1 aliphatic carbocycles. The highest BCUT2D eigenvalue weighted by molar-refractivity contribution is 7.99. The lowest BCUT2D eigenvalue weighted by molar-refractivity contribution is 0.297. The van der Waals surface area contributed by atoms with Crippen molar-refractivity contribution < 1.29 is 9.47 Å². The van der Waals surface area contributed by atoms with Crippen molar-refractivity contribution in [1.29, 1.82) is 0 Å². The summed E-state index contributed by atoms with van der Waals surface area (Å²) in [5.74, 6) is 2.68. The maximum absolute atomic E-state index is 5.71. The van der Waals surface area contributed by atoms with Gasteiger partial charge in [-0.3, -0.25) is 0 Å². The Morgan fingerprint density at radius 1 is 1.25 bits per heavy atom. The van der Waals surface area contributed by atoms with Gasteiger partial charge in [0, 0.05) is 29.7 Å². The van der Waals surface area contributed by atoms with E-state index in [-0.39, 0.29) is 0 Å². The van der Waals surface area contributed by atoms with Gasteiger partial charge in [0.05, 0.1) is 13.2 Å². The lowest BCUT2D eigenvalue weighted by atomic mass is 10.3. The molecule has 0 bridgehead atoms. The van der Waals surface area contributed by atoms with Crippen molar-refractivity contribution in [3.05, 3.63) is 30.4 Å². The number of benzene rings is 1. The minimum absolute atomic E-state index is 0.735.